The van der Waals surface area contributed by atoms with Crippen molar-refractivity contribution in [1.29, 1.82) is 0 Å². The molecule has 0 amide bonds. The molecule has 0 fully saturated rings. The summed E-state index contributed by atoms with van der Waals surface area (Å²) < 4.78 is 4.99. The fourth-order valence-electron chi connectivity index (χ4n) is 1.29. The van der Waals surface area contributed by atoms with E-state index in [9.17, 15) is 9.90 Å². The van der Waals surface area contributed by atoms with Crippen molar-refractivity contribution in [2.45, 2.75) is 13.8 Å². The molecule has 15 heavy (non-hydrogen) atoms. The van der Waals surface area contributed by atoms with Gasteiger partial charge in [-0.3, -0.25) is 4.79 Å². The Kier molecular flexibility index (Phi) is 3.50. The lowest BCUT2D eigenvalue weighted by Crippen LogP contribution is -1.95. The Labute approximate surface area is 89.0 Å². The van der Waals surface area contributed by atoms with Crippen molar-refractivity contribution < 1.29 is 14.6 Å². The second-order valence-electron chi connectivity index (χ2n) is 3.17. The normalized spacial score (nSPS) is 10.6. The number of carbonyl (C=O) groups excluding carboxylic acids is 1. The van der Waals surface area contributed by atoms with E-state index in [4.69, 9.17) is 4.74 Å². The standard InChI is InChI=1S/C12H14O3/c1-4-5-9-6-10(8(2)13)7-11(15-3)12(9)14/h4-7,14H,1-3H3/b5-4-. The van der Waals surface area contributed by atoms with Crippen molar-refractivity contribution in [1.82, 2.24) is 0 Å². The van der Waals surface area contributed by atoms with Crippen molar-refractivity contribution >= 4 is 11.9 Å². The van der Waals surface area contributed by atoms with Crippen molar-refractivity contribution in [2.24, 2.45) is 0 Å². The van der Waals surface area contributed by atoms with Gasteiger partial charge in [-0.05, 0) is 26.0 Å². The molecule has 3 nitrogen and oxygen atoms in total. The van der Waals surface area contributed by atoms with Gasteiger partial charge in [0.1, 0.15) is 0 Å². The van der Waals surface area contributed by atoms with Crippen molar-refractivity contribution in [2.75, 3.05) is 7.11 Å². The van der Waals surface area contributed by atoms with Crippen LogP contribution in [0.1, 0.15) is 29.8 Å². The zero-order chi connectivity index (χ0) is 11.4. The SMILES string of the molecule is C/C=C\c1cc(C(C)=O)cc(OC)c1O. The van der Waals surface area contributed by atoms with Gasteiger partial charge in [0.25, 0.3) is 0 Å². The molecule has 1 aromatic rings. The molecular weight excluding hydrogens is 192 g/mol. The minimum Gasteiger partial charge on any atom is -0.504 e. The van der Waals surface area contributed by atoms with Gasteiger partial charge in [-0.1, -0.05) is 12.2 Å². The van der Waals surface area contributed by atoms with Gasteiger partial charge in [0.15, 0.2) is 17.3 Å². The Morgan fingerprint density at radius 3 is 2.60 bits per heavy atom. The Bertz CT molecular complexity index is 406. The van der Waals surface area contributed by atoms with Crippen LogP contribution in [0.25, 0.3) is 6.08 Å². The molecule has 0 aliphatic rings. The monoisotopic (exact) mass is 206 g/mol. The molecule has 0 spiro atoms. The van der Waals surface area contributed by atoms with E-state index >= 15 is 0 Å². The quantitative estimate of drug-likeness (QED) is 0.773. The third kappa shape index (κ3) is 2.37. The first kappa shape index (κ1) is 11.3. The first-order chi connectivity index (χ1) is 7.10. The molecule has 0 unspecified atom stereocenters. The fourth-order valence-corrected chi connectivity index (χ4v) is 1.29. The Morgan fingerprint density at radius 1 is 1.47 bits per heavy atom. The average molecular weight is 206 g/mol. The number of ketones is 1. The van der Waals surface area contributed by atoms with Gasteiger partial charge in [0, 0.05) is 11.1 Å². The number of aromatic hydroxyl groups is 1. The van der Waals surface area contributed by atoms with Gasteiger partial charge in [0.2, 0.25) is 0 Å². The van der Waals surface area contributed by atoms with E-state index in [1.165, 1.54) is 20.1 Å². The highest BCUT2D eigenvalue weighted by molar-refractivity contribution is 5.95. The van der Waals surface area contributed by atoms with Gasteiger partial charge in [0.05, 0.1) is 7.11 Å². The summed E-state index contributed by atoms with van der Waals surface area (Å²) in [6, 6.07) is 3.17. The number of methoxy groups -OCH3 is 1. The number of allylic oxidation sites excluding steroid dienone is 1. The van der Waals surface area contributed by atoms with E-state index in [0.29, 0.717) is 16.9 Å². The molecule has 0 bridgehead atoms. The number of hydrogen-bond donors (Lipinski definition) is 1. The molecule has 0 aliphatic carbocycles. The summed E-state index contributed by atoms with van der Waals surface area (Å²) in [5.74, 6) is 0.315. The number of carbonyl (C=O) groups is 1. The Morgan fingerprint density at radius 2 is 2.13 bits per heavy atom. The number of phenols is 1. The van der Waals surface area contributed by atoms with E-state index in [1.807, 2.05) is 6.92 Å². The van der Waals surface area contributed by atoms with Crippen LogP contribution in [0, 0.1) is 0 Å². The summed E-state index contributed by atoms with van der Waals surface area (Å²) in [5, 5.41) is 9.74. The molecular formula is C12H14O3. The van der Waals surface area contributed by atoms with Crippen LogP contribution in [-0.2, 0) is 0 Å². The number of Topliss-reactive ketones (excluding diaryl/α,β-unsaturated/α-hetero) is 1. The lowest BCUT2D eigenvalue weighted by molar-refractivity contribution is 0.101. The molecule has 1 rings (SSSR count). The highest BCUT2D eigenvalue weighted by Gasteiger charge is 2.10. The predicted octanol–water partition coefficient (Wildman–Crippen LogP) is 2.64. The van der Waals surface area contributed by atoms with E-state index in [0.717, 1.165) is 0 Å². The molecule has 80 valence electrons. The van der Waals surface area contributed by atoms with Crippen LogP contribution in [0.15, 0.2) is 18.2 Å². The molecule has 0 aromatic heterocycles. The summed E-state index contributed by atoms with van der Waals surface area (Å²) in [7, 11) is 1.46. The minimum absolute atomic E-state index is 0.0561. The van der Waals surface area contributed by atoms with E-state index in [2.05, 4.69) is 0 Å². The third-order valence-electron chi connectivity index (χ3n) is 2.08. The lowest BCUT2D eigenvalue weighted by atomic mass is 10.1. The summed E-state index contributed by atoms with van der Waals surface area (Å²) in [4.78, 5) is 11.2. The van der Waals surface area contributed by atoms with Crippen molar-refractivity contribution in [3.63, 3.8) is 0 Å². The van der Waals surface area contributed by atoms with Crippen LogP contribution in [0.5, 0.6) is 11.5 Å². The third-order valence-corrected chi connectivity index (χ3v) is 2.08. The zero-order valence-corrected chi connectivity index (χ0v) is 9.07. The Balaban J connectivity index is 3.37. The van der Waals surface area contributed by atoms with E-state index in [-0.39, 0.29) is 11.5 Å². The maximum absolute atomic E-state index is 11.2. The van der Waals surface area contributed by atoms with Gasteiger partial charge >= 0.3 is 0 Å². The van der Waals surface area contributed by atoms with Crippen molar-refractivity contribution in [3.05, 3.63) is 29.3 Å². The molecule has 0 saturated heterocycles. The second-order valence-corrected chi connectivity index (χ2v) is 3.17. The van der Waals surface area contributed by atoms with E-state index < -0.39 is 0 Å². The molecule has 0 aliphatic heterocycles. The Hall–Kier alpha value is -1.77. The van der Waals surface area contributed by atoms with Crippen LogP contribution >= 0.6 is 0 Å². The predicted molar refractivity (Wildman–Crippen MR) is 59.4 cm³/mol. The highest BCUT2D eigenvalue weighted by Crippen LogP contribution is 2.32. The average Bonchev–Trinajstić information content (AvgIpc) is 2.21. The molecule has 0 atom stereocenters. The van der Waals surface area contributed by atoms with Crippen LogP contribution in [-0.4, -0.2) is 18.0 Å². The van der Waals surface area contributed by atoms with Gasteiger partial charge < -0.3 is 9.84 Å². The fraction of sp³-hybridized carbons (Fsp3) is 0.250. The maximum atomic E-state index is 11.2. The van der Waals surface area contributed by atoms with Crippen LogP contribution < -0.4 is 4.74 Å². The van der Waals surface area contributed by atoms with Crippen LogP contribution in [0.3, 0.4) is 0 Å². The molecule has 0 radical (unpaired) electrons. The molecule has 0 heterocycles. The number of rotatable bonds is 3. The summed E-state index contributed by atoms with van der Waals surface area (Å²) in [5.41, 5.74) is 1.11. The minimum atomic E-state index is -0.0564. The largest absolute Gasteiger partial charge is 0.504 e. The lowest BCUT2D eigenvalue weighted by Gasteiger charge is -2.08. The number of ether oxygens (including phenoxy) is 1. The molecule has 3 heteroatoms. The van der Waals surface area contributed by atoms with Crippen LogP contribution in [0.2, 0.25) is 0 Å². The zero-order valence-electron chi connectivity index (χ0n) is 9.07. The first-order valence-electron chi connectivity index (χ1n) is 4.64. The van der Waals surface area contributed by atoms with Crippen LogP contribution in [0.4, 0.5) is 0 Å². The summed E-state index contributed by atoms with van der Waals surface area (Å²) in [6.07, 6.45) is 3.52. The topological polar surface area (TPSA) is 46.5 Å². The van der Waals surface area contributed by atoms with Crippen molar-refractivity contribution in [3.8, 4) is 11.5 Å². The summed E-state index contributed by atoms with van der Waals surface area (Å²) in [6.45, 7) is 3.32. The van der Waals surface area contributed by atoms with Gasteiger partial charge in [-0.2, -0.15) is 0 Å². The van der Waals surface area contributed by atoms with Gasteiger partial charge in [-0.25, -0.2) is 0 Å². The number of phenolic OH excluding ortho intramolecular Hbond substituents is 1. The molecule has 1 aromatic carbocycles. The second kappa shape index (κ2) is 4.64. The molecule has 1 N–H and O–H groups in total. The van der Waals surface area contributed by atoms with Gasteiger partial charge in [-0.15, -0.1) is 0 Å². The highest BCUT2D eigenvalue weighted by atomic mass is 16.5. The number of benzene rings is 1. The maximum Gasteiger partial charge on any atom is 0.165 e. The molecule has 0 saturated carbocycles. The first-order valence-corrected chi connectivity index (χ1v) is 4.64. The summed E-state index contributed by atoms with van der Waals surface area (Å²) >= 11 is 0. The van der Waals surface area contributed by atoms with E-state index in [1.54, 1.807) is 18.2 Å². The number of hydrogen-bond acceptors (Lipinski definition) is 3. The smallest absolute Gasteiger partial charge is 0.165 e.